The number of nitrogens with zero attached hydrogens (tertiary/aromatic N) is 3. The van der Waals surface area contributed by atoms with E-state index >= 15 is 0 Å². The van der Waals surface area contributed by atoms with Crippen molar-refractivity contribution < 1.29 is 4.79 Å². The number of rotatable bonds is 5. The molecule has 0 bridgehead atoms. The number of hydrogen-bond donors (Lipinski definition) is 2. The van der Waals surface area contributed by atoms with E-state index in [1.807, 2.05) is 13.8 Å². The third kappa shape index (κ3) is 3.03. The molecular formula is C14H19N5O. The van der Waals surface area contributed by atoms with Gasteiger partial charge in [0, 0.05) is 18.6 Å². The zero-order valence-corrected chi connectivity index (χ0v) is 11.7. The van der Waals surface area contributed by atoms with Gasteiger partial charge in [0.25, 0.3) is 0 Å². The molecule has 2 aromatic rings. The van der Waals surface area contributed by atoms with Crippen LogP contribution in [0.15, 0.2) is 36.8 Å². The normalized spacial score (nSPS) is 13.8. The van der Waals surface area contributed by atoms with Crippen molar-refractivity contribution in [1.29, 1.82) is 0 Å². The zero-order valence-electron chi connectivity index (χ0n) is 11.7. The molecule has 6 heteroatoms. The standard InChI is InChI=1S/C14H19N5O/c1-3-10(2)12(15)14(20)18-11-6-4-7-16-13(11)19-9-5-8-17-19/h4-10,12H,3,15H2,1-2H3,(H,18,20)/t10?,12-/m0/s1. The van der Waals surface area contributed by atoms with Crippen molar-refractivity contribution in [2.24, 2.45) is 11.7 Å². The van der Waals surface area contributed by atoms with Crippen LogP contribution in [0.2, 0.25) is 0 Å². The van der Waals surface area contributed by atoms with E-state index in [1.165, 1.54) is 0 Å². The number of pyridine rings is 1. The molecule has 2 atom stereocenters. The van der Waals surface area contributed by atoms with E-state index < -0.39 is 6.04 Å². The largest absolute Gasteiger partial charge is 0.322 e. The second kappa shape index (κ2) is 6.29. The highest BCUT2D eigenvalue weighted by Crippen LogP contribution is 2.17. The van der Waals surface area contributed by atoms with E-state index in [2.05, 4.69) is 15.4 Å². The second-order valence-corrected chi connectivity index (χ2v) is 4.73. The molecule has 3 N–H and O–H groups in total. The smallest absolute Gasteiger partial charge is 0.241 e. The average Bonchev–Trinajstić information content (AvgIpc) is 3.00. The summed E-state index contributed by atoms with van der Waals surface area (Å²) in [5.74, 6) is 0.489. The van der Waals surface area contributed by atoms with Crippen molar-refractivity contribution in [2.45, 2.75) is 26.3 Å². The minimum atomic E-state index is -0.536. The molecular weight excluding hydrogens is 254 g/mol. The number of aromatic nitrogens is 3. The fourth-order valence-corrected chi connectivity index (χ4v) is 1.80. The fourth-order valence-electron chi connectivity index (χ4n) is 1.80. The van der Waals surface area contributed by atoms with Crippen LogP contribution >= 0.6 is 0 Å². The number of hydrogen-bond acceptors (Lipinski definition) is 4. The summed E-state index contributed by atoms with van der Waals surface area (Å²) in [4.78, 5) is 16.4. The van der Waals surface area contributed by atoms with Crippen molar-refractivity contribution in [3.8, 4) is 5.82 Å². The predicted octanol–water partition coefficient (Wildman–Crippen LogP) is 1.58. The van der Waals surface area contributed by atoms with E-state index in [-0.39, 0.29) is 11.8 Å². The summed E-state index contributed by atoms with van der Waals surface area (Å²) in [6.07, 6.45) is 5.94. The topological polar surface area (TPSA) is 85.8 Å². The van der Waals surface area contributed by atoms with Crippen molar-refractivity contribution >= 4 is 11.6 Å². The number of nitrogens with one attached hydrogen (secondary N) is 1. The maximum atomic E-state index is 12.1. The molecule has 0 radical (unpaired) electrons. The van der Waals surface area contributed by atoms with Crippen LogP contribution in [0.1, 0.15) is 20.3 Å². The highest BCUT2D eigenvalue weighted by molar-refractivity contribution is 5.96. The third-order valence-corrected chi connectivity index (χ3v) is 3.33. The van der Waals surface area contributed by atoms with Crippen molar-refractivity contribution in [3.05, 3.63) is 36.8 Å². The van der Waals surface area contributed by atoms with Crippen LogP contribution in [-0.4, -0.2) is 26.7 Å². The Labute approximate surface area is 118 Å². The maximum Gasteiger partial charge on any atom is 0.241 e. The molecule has 1 unspecified atom stereocenters. The van der Waals surface area contributed by atoms with Crippen LogP contribution < -0.4 is 11.1 Å². The van der Waals surface area contributed by atoms with E-state index in [9.17, 15) is 4.79 Å². The van der Waals surface area contributed by atoms with E-state index in [0.717, 1.165) is 6.42 Å². The van der Waals surface area contributed by atoms with Gasteiger partial charge in [0.15, 0.2) is 5.82 Å². The first-order valence-electron chi connectivity index (χ1n) is 6.65. The highest BCUT2D eigenvalue weighted by atomic mass is 16.2. The molecule has 0 fully saturated rings. The zero-order chi connectivity index (χ0) is 14.5. The minimum Gasteiger partial charge on any atom is -0.322 e. The van der Waals surface area contributed by atoms with Crippen molar-refractivity contribution in [1.82, 2.24) is 14.8 Å². The van der Waals surface area contributed by atoms with Gasteiger partial charge in [-0.15, -0.1) is 0 Å². The molecule has 6 nitrogen and oxygen atoms in total. The average molecular weight is 273 g/mol. The first kappa shape index (κ1) is 14.2. The quantitative estimate of drug-likeness (QED) is 0.866. The van der Waals surface area contributed by atoms with Crippen LogP contribution in [0, 0.1) is 5.92 Å². The van der Waals surface area contributed by atoms with Gasteiger partial charge in [-0.05, 0) is 24.1 Å². The van der Waals surface area contributed by atoms with E-state index in [4.69, 9.17) is 5.73 Å². The molecule has 20 heavy (non-hydrogen) atoms. The molecule has 1 amide bonds. The lowest BCUT2D eigenvalue weighted by Crippen LogP contribution is -2.40. The van der Waals surface area contributed by atoms with Crippen LogP contribution in [0.5, 0.6) is 0 Å². The van der Waals surface area contributed by atoms with E-state index in [0.29, 0.717) is 11.5 Å². The fraction of sp³-hybridized carbons (Fsp3) is 0.357. The van der Waals surface area contributed by atoms with Gasteiger partial charge >= 0.3 is 0 Å². The molecule has 0 aliphatic heterocycles. The molecule has 2 aromatic heterocycles. The van der Waals surface area contributed by atoms with Gasteiger partial charge in [-0.2, -0.15) is 5.10 Å². The van der Waals surface area contributed by atoms with Gasteiger partial charge in [0.05, 0.1) is 11.7 Å². The third-order valence-electron chi connectivity index (χ3n) is 3.33. The number of carbonyl (C=O) groups excluding carboxylic acids is 1. The summed E-state index contributed by atoms with van der Waals surface area (Å²) in [6.45, 7) is 3.97. The molecule has 0 aliphatic rings. The van der Waals surface area contributed by atoms with Crippen LogP contribution in [0.25, 0.3) is 5.82 Å². The number of amides is 1. The van der Waals surface area contributed by atoms with Crippen LogP contribution in [-0.2, 0) is 4.79 Å². The lowest BCUT2D eigenvalue weighted by atomic mass is 9.99. The highest BCUT2D eigenvalue weighted by Gasteiger charge is 2.20. The van der Waals surface area contributed by atoms with E-state index in [1.54, 1.807) is 41.5 Å². The van der Waals surface area contributed by atoms with Crippen LogP contribution in [0.3, 0.4) is 0 Å². The van der Waals surface area contributed by atoms with Crippen molar-refractivity contribution in [3.63, 3.8) is 0 Å². The van der Waals surface area contributed by atoms with Crippen LogP contribution in [0.4, 0.5) is 5.69 Å². The van der Waals surface area contributed by atoms with Gasteiger partial charge in [-0.1, -0.05) is 20.3 Å². The molecule has 2 rings (SSSR count). The molecule has 106 valence electrons. The Hall–Kier alpha value is -2.21. The maximum absolute atomic E-state index is 12.1. The van der Waals surface area contributed by atoms with Gasteiger partial charge in [-0.3, -0.25) is 4.79 Å². The van der Waals surface area contributed by atoms with Gasteiger partial charge in [0.2, 0.25) is 5.91 Å². The summed E-state index contributed by atoms with van der Waals surface area (Å²) in [5, 5.41) is 6.95. The molecule has 0 saturated heterocycles. The van der Waals surface area contributed by atoms with Gasteiger partial charge < -0.3 is 11.1 Å². The molecule has 0 aromatic carbocycles. The Morgan fingerprint density at radius 2 is 2.25 bits per heavy atom. The Balaban J connectivity index is 2.20. The van der Waals surface area contributed by atoms with Gasteiger partial charge in [0.1, 0.15) is 0 Å². The number of carbonyl (C=O) groups is 1. The molecule has 2 heterocycles. The summed E-state index contributed by atoms with van der Waals surface area (Å²) < 4.78 is 1.60. The lowest BCUT2D eigenvalue weighted by Gasteiger charge is -2.18. The molecule has 0 saturated carbocycles. The Bertz CT molecular complexity index is 567. The van der Waals surface area contributed by atoms with Gasteiger partial charge in [-0.25, -0.2) is 9.67 Å². The number of anilines is 1. The first-order chi connectivity index (χ1) is 9.63. The Morgan fingerprint density at radius 3 is 2.90 bits per heavy atom. The summed E-state index contributed by atoms with van der Waals surface area (Å²) >= 11 is 0. The van der Waals surface area contributed by atoms with Crippen molar-refractivity contribution in [2.75, 3.05) is 5.32 Å². The Morgan fingerprint density at radius 1 is 1.45 bits per heavy atom. The second-order valence-electron chi connectivity index (χ2n) is 4.73. The Kier molecular flexibility index (Phi) is 4.47. The molecule has 0 spiro atoms. The minimum absolute atomic E-state index is 0.125. The predicted molar refractivity (Wildman–Crippen MR) is 77.4 cm³/mol. The SMILES string of the molecule is CCC(C)[C@H](N)C(=O)Nc1cccnc1-n1cccn1. The monoisotopic (exact) mass is 273 g/mol. The summed E-state index contributed by atoms with van der Waals surface area (Å²) in [6, 6.07) is 4.80. The first-order valence-corrected chi connectivity index (χ1v) is 6.65. The lowest BCUT2D eigenvalue weighted by molar-refractivity contribution is -0.118. The number of nitrogens with two attached hydrogens (primary N) is 1. The molecule has 0 aliphatic carbocycles. The summed E-state index contributed by atoms with van der Waals surface area (Å²) in [5.41, 5.74) is 6.53. The summed E-state index contributed by atoms with van der Waals surface area (Å²) in [7, 11) is 0.